The predicted molar refractivity (Wildman–Crippen MR) is 105 cm³/mol. The number of hydrogen-bond acceptors (Lipinski definition) is 4. The Bertz CT molecular complexity index is 1020. The van der Waals surface area contributed by atoms with Gasteiger partial charge in [0.1, 0.15) is 5.69 Å². The van der Waals surface area contributed by atoms with Crippen LogP contribution in [0.4, 0.5) is 18.9 Å². The number of alkyl halides is 3. The van der Waals surface area contributed by atoms with Gasteiger partial charge in [0.2, 0.25) is 5.91 Å². The van der Waals surface area contributed by atoms with E-state index in [1.54, 1.807) is 6.07 Å². The highest BCUT2D eigenvalue weighted by Crippen LogP contribution is 2.45. The van der Waals surface area contributed by atoms with Crippen molar-refractivity contribution in [1.82, 2.24) is 14.9 Å². The molecule has 2 saturated heterocycles. The fourth-order valence-corrected chi connectivity index (χ4v) is 5.02. The van der Waals surface area contributed by atoms with E-state index < -0.39 is 11.9 Å². The summed E-state index contributed by atoms with van der Waals surface area (Å²) in [5.74, 6) is 0.258. The van der Waals surface area contributed by atoms with Crippen LogP contribution in [0.2, 0.25) is 0 Å². The Morgan fingerprint density at radius 1 is 1.13 bits per heavy atom. The molecule has 2 aromatic heterocycles. The Balaban J connectivity index is 1.27. The van der Waals surface area contributed by atoms with Crippen molar-refractivity contribution in [3.8, 4) is 0 Å². The van der Waals surface area contributed by atoms with Gasteiger partial charge in [0.25, 0.3) is 0 Å². The van der Waals surface area contributed by atoms with Gasteiger partial charge in [0.05, 0.1) is 11.7 Å². The van der Waals surface area contributed by atoms with Gasteiger partial charge in [-0.1, -0.05) is 6.07 Å². The molecule has 1 amide bonds. The van der Waals surface area contributed by atoms with Crippen molar-refractivity contribution in [2.45, 2.75) is 45.5 Å². The molecule has 30 heavy (non-hydrogen) atoms. The Morgan fingerprint density at radius 2 is 1.90 bits per heavy atom. The second-order valence-corrected chi connectivity index (χ2v) is 8.66. The van der Waals surface area contributed by atoms with Crippen molar-refractivity contribution in [3.63, 3.8) is 0 Å². The smallest absolute Gasteiger partial charge is 0.371 e. The molecular formula is C22H23F3N4O. The van der Waals surface area contributed by atoms with Gasteiger partial charge in [0.15, 0.2) is 0 Å². The standard InChI is InChI=1S/C22H23F3N4O/c1-12-7-14-11-29-18(20(14)27-13(12)2)4-3-17(21(29)30)15-9-28(10-15)16-5-6-26-19(8-16)22(23,24)25/h5-8,15,17-18H,3-4,9-11H2,1-2H3. The van der Waals surface area contributed by atoms with Crippen molar-refractivity contribution in [3.05, 3.63) is 52.6 Å². The third kappa shape index (κ3) is 3.04. The zero-order valence-corrected chi connectivity index (χ0v) is 16.9. The number of halogens is 3. The predicted octanol–water partition coefficient (Wildman–Crippen LogP) is 4.04. The minimum absolute atomic E-state index is 0.0637. The molecule has 0 N–H and O–H groups in total. The van der Waals surface area contributed by atoms with E-state index in [0.717, 1.165) is 41.4 Å². The van der Waals surface area contributed by atoms with E-state index in [9.17, 15) is 18.0 Å². The van der Waals surface area contributed by atoms with E-state index in [-0.39, 0.29) is 23.8 Å². The zero-order chi connectivity index (χ0) is 21.2. The van der Waals surface area contributed by atoms with Crippen LogP contribution < -0.4 is 4.90 Å². The van der Waals surface area contributed by atoms with Gasteiger partial charge in [-0.2, -0.15) is 13.2 Å². The van der Waals surface area contributed by atoms with Crippen molar-refractivity contribution in [2.75, 3.05) is 18.0 Å². The topological polar surface area (TPSA) is 49.3 Å². The first-order chi connectivity index (χ1) is 14.2. The summed E-state index contributed by atoms with van der Waals surface area (Å²) in [7, 11) is 0. The number of carbonyl (C=O) groups is 1. The van der Waals surface area contributed by atoms with Crippen LogP contribution in [0.15, 0.2) is 24.4 Å². The van der Waals surface area contributed by atoms with Gasteiger partial charge < -0.3 is 9.80 Å². The molecule has 2 unspecified atom stereocenters. The normalized spacial score (nSPS) is 24.0. The third-order valence-corrected chi connectivity index (χ3v) is 6.84. The maximum Gasteiger partial charge on any atom is 0.433 e. The maximum absolute atomic E-state index is 13.2. The van der Waals surface area contributed by atoms with Crippen LogP contribution in [-0.2, 0) is 17.5 Å². The summed E-state index contributed by atoms with van der Waals surface area (Å²) < 4.78 is 38.8. The molecule has 0 aromatic carbocycles. The minimum Gasteiger partial charge on any atom is -0.371 e. The van der Waals surface area contributed by atoms with Crippen molar-refractivity contribution < 1.29 is 18.0 Å². The van der Waals surface area contributed by atoms with Crippen LogP contribution in [0.25, 0.3) is 0 Å². The van der Waals surface area contributed by atoms with Crippen LogP contribution in [0.1, 0.15) is 47.1 Å². The molecule has 3 aliphatic heterocycles. The van der Waals surface area contributed by atoms with Crippen LogP contribution in [-0.4, -0.2) is 33.9 Å². The Kier molecular flexibility index (Phi) is 4.31. The van der Waals surface area contributed by atoms with Gasteiger partial charge in [-0.15, -0.1) is 0 Å². The summed E-state index contributed by atoms with van der Waals surface area (Å²) in [5, 5.41) is 0. The first-order valence-corrected chi connectivity index (χ1v) is 10.3. The van der Waals surface area contributed by atoms with Crippen LogP contribution in [0.3, 0.4) is 0 Å². The largest absolute Gasteiger partial charge is 0.433 e. The summed E-state index contributed by atoms with van der Waals surface area (Å²) in [6.07, 6.45) is -1.57. The van der Waals surface area contributed by atoms with E-state index >= 15 is 0 Å². The molecule has 0 bridgehead atoms. The Hall–Kier alpha value is -2.64. The number of hydrogen-bond donors (Lipinski definition) is 0. The molecule has 0 radical (unpaired) electrons. The van der Waals surface area contributed by atoms with Crippen molar-refractivity contribution >= 4 is 11.6 Å². The number of amides is 1. The number of aryl methyl sites for hydroxylation is 2. The lowest BCUT2D eigenvalue weighted by atomic mass is 9.78. The molecule has 2 fully saturated rings. The molecule has 0 saturated carbocycles. The van der Waals surface area contributed by atoms with Gasteiger partial charge in [-0.3, -0.25) is 14.8 Å². The fourth-order valence-electron chi connectivity index (χ4n) is 5.02. The summed E-state index contributed by atoms with van der Waals surface area (Å²) >= 11 is 0. The molecule has 2 aromatic rings. The number of piperidine rings is 1. The number of pyridine rings is 2. The second kappa shape index (κ2) is 6.68. The van der Waals surface area contributed by atoms with Crippen LogP contribution in [0, 0.1) is 25.7 Å². The molecule has 2 atom stereocenters. The van der Waals surface area contributed by atoms with E-state index in [0.29, 0.717) is 25.3 Å². The first kappa shape index (κ1) is 19.3. The summed E-state index contributed by atoms with van der Waals surface area (Å²) in [5.41, 5.74) is 3.96. The number of anilines is 1. The number of aromatic nitrogens is 2. The summed E-state index contributed by atoms with van der Waals surface area (Å²) in [6, 6.07) is 4.89. The van der Waals surface area contributed by atoms with E-state index in [4.69, 9.17) is 4.98 Å². The molecule has 5 heterocycles. The Labute approximate surface area is 172 Å². The van der Waals surface area contributed by atoms with Crippen LogP contribution in [0.5, 0.6) is 0 Å². The number of carbonyl (C=O) groups excluding carboxylic acids is 1. The van der Waals surface area contributed by atoms with E-state index in [1.165, 1.54) is 6.20 Å². The van der Waals surface area contributed by atoms with E-state index in [1.807, 2.05) is 23.6 Å². The molecule has 5 rings (SSSR count). The fraction of sp³-hybridized carbons (Fsp3) is 0.500. The third-order valence-electron chi connectivity index (χ3n) is 6.84. The Morgan fingerprint density at radius 3 is 2.63 bits per heavy atom. The average Bonchev–Trinajstić information content (AvgIpc) is 3.01. The highest BCUT2D eigenvalue weighted by Gasteiger charge is 2.47. The molecule has 0 aliphatic carbocycles. The lowest BCUT2D eigenvalue weighted by Crippen LogP contribution is -2.55. The molecule has 0 spiro atoms. The minimum atomic E-state index is -4.45. The molecule has 5 nitrogen and oxygen atoms in total. The van der Waals surface area contributed by atoms with Crippen molar-refractivity contribution in [2.24, 2.45) is 11.8 Å². The first-order valence-electron chi connectivity index (χ1n) is 10.3. The summed E-state index contributed by atoms with van der Waals surface area (Å²) in [4.78, 5) is 25.3. The molecule has 158 valence electrons. The maximum atomic E-state index is 13.2. The highest BCUT2D eigenvalue weighted by molar-refractivity contribution is 5.82. The quantitative estimate of drug-likeness (QED) is 0.742. The van der Waals surface area contributed by atoms with E-state index in [2.05, 4.69) is 11.1 Å². The van der Waals surface area contributed by atoms with Gasteiger partial charge >= 0.3 is 6.18 Å². The summed E-state index contributed by atoms with van der Waals surface area (Å²) in [6.45, 7) is 5.84. The van der Waals surface area contributed by atoms with Gasteiger partial charge in [-0.05, 0) is 49.9 Å². The molecular weight excluding hydrogens is 393 g/mol. The van der Waals surface area contributed by atoms with Gasteiger partial charge in [-0.25, -0.2) is 0 Å². The molecule has 8 heteroatoms. The zero-order valence-electron chi connectivity index (χ0n) is 16.9. The van der Waals surface area contributed by atoms with Gasteiger partial charge in [0, 0.05) is 49.0 Å². The second-order valence-electron chi connectivity index (χ2n) is 8.66. The SMILES string of the molecule is Cc1cc2c(nc1C)C1CCC(C3CN(c4ccnc(C(F)(F)F)c4)C3)C(=O)N1C2. The monoisotopic (exact) mass is 416 g/mol. The molecule has 3 aliphatic rings. The number of nitrogens with zero attached hydrogens (tertiary/aromatic N) is 4. The number of rotatable bonds is 2. The van der Waals surface area contributed by atoms with Crippen molar-refractivity contribution in [1.29, 1.82) is 0 Å². The average molecular weight is 416 g/mol. The lowest BCUT2D eigenvalue weighted by molar-refractivity contribution is -0.144. The lowest BCUT2D eigenvalue weighted by Gasteiger charge is -2.47. The number of fused-ring (bicyclic) bond motifs is 3. The van der Waals surface area contributed by atoms with Crippen LogP contribution >= 0.6 is 0 Å². The highest BCUT2D eigenvalue weighted by atomic mass is 19.4.